The lowest BCUT2D eigenvalue weighted by Crippen LogP contribution is -2.34. The summed E-state index contributed by atoms with van der Waals surface area (Å²) in [7, 11) is 2.08. The molecule has 0 aromatic heterocycles. The van der Waals surface area contributed by atoms with Crippen molar-refractivity contribution in [2.45, 2.75) is 14.9 Å². The zero-order valence-electron chi connectivity index (χ0n) is 8.50. The predicted octanol–water partition coefficient (Wildman–Crippen LogP) is 2.08. The van der Waals surface area contributed by atoms with E-state index >= 15 is 0 Å². The average Bonchev–Trinajstić information content (AvgIpc) is 2.76. The summed E-state index contributed by atoms with van der Waals surface area (Å²) in [4.78, 5) is 8.72. The Bertz CT molecular complexity index is 272. The molecular formula is C12H24N4. The van der Waals surface area contributed by atoms with Crippen molar-refractivity contribution in [1.29, 1.82) is 0 Å². The Morgan fingerprint density at radius 2 is 1.69 bits per heavy atom. The molecule has 0 saturated heterocycles. The molecule has 0 amide bonds. The normalized spacial score (nSPS) is 17.6. The highest BCUT2D eigenvalue weighted by atomic mass is 15.4. The van der Waals surface area contributed by atoms with Crippen molar-refractivity contribution in [1.82, 2.24) is 19.6 Å². The van der Waals surface area contributed by atoms with Crippen LogP contribution in [-0.2, 0) is 0 Å². The molecule has 0 aromatic rings. The first-order chi connectivity index (χ1) is 6.78. The van der Waals surface area contributed by atoms with Crippen LogP contribution in [-0.4, -0.2) is 46.7 Å². The Kier molecular flexibility index (Phi) is 5.50. The molecule has 0 saturated carbocycles. The van der Waals surface area contributed by atoms with Crippen LogP contribution in [0.25, 0.3) is 0 Å². The molecule has 16 heavy (non-hydrogen) atoms. The summed E-state index contributed by atoms with van der Waals surface area (Å²) < 4.78 is 0. The maximum atomic E-state index is 3.73. The molecule has 0 N–H and O–H groups in total. The van der Waals surface area contributed by atoms with Crippen molar-refractivity contribution in [2.24, 2.45) is 0 Å². The number of hydrogen-bond acceptors (Lipinski definition) is 4. The van der Waals surface area contributed by atoms with Crippen LogP contribution in [0.5, 0.6) is 0 Å². The Hall–Kier alpha value is -1.58. The molecule has 2 rings (SSSR count). The van der Waals surface area contributed by atoms with Gasteiger partial charge < -0.3 is 19.6 Å². The summed E-state index contributed by atoms with van der Waals surface area (Å²) in [6.45, 7) is 6.54. The molecule has 2 aliphatic heterocycles. The quantitative estimate of drug-likeness (QED) is 0.727. The van der Waals surface area contributed by atoms with Crippen molar-refractivity contribution in [3.8, 4) is 0 Å². The van der Waals surface area contributed by atoms with Gasteiger partial charge in [-0.05, 0) is 6.20 Å². The van der Waals surface area contributed by atoms with Crippen molar-refractivity contribution >= 4 is 0 Å². The molecule has 0 unspecified atom stereocenters. The SMILES string of the molecule is C.C.C=CN1C=CN(CN2C=CN(C)C2)C1. The Morgan fingerprint density at radius 1 is 1.06 bits per heavy atom. The van der Waals surface area contributed by atoms with Gasteiger partial charge in [0.05, 0.1) is 20.0 Å². The van der Waals surface area contributed by atoms with E-state index in [9.17, 15) is 0 Å². The highest BCUT2D eigenvalue weighted by molar-refractivity contribution is 4.96. The van der Waals surface area contributed by atoms with E-state index in [0.717, 1.165) is 20.0 Å². The molecular weight excluding hydrogens is 200 g/mol. The van der Waals surface area contributed by atoms with Gasteiger partial charge in [0.25, 0.3) is 0 Å². The van der Waals surface area contributed by atoms with Gasteiger partial charge in [0, 0.05) is 31.8 Å². The number of hydrogen-bond donors (Lipinski definition) is 0. The van der Waals surface area contributed by atoms with Gasteiger partial charge in [0.1, 0.15) is 0 Å². The second-order valence-electron chi connectivity index (χ2n) is 3.65. The molecule has 2 heterocycles. The second kappa shape index (κ2) is 6.10. The van der Waals surface area contributed by atoms with Crippen LogP contribution in [0, 0.1) is 0 Å². The van der Waals surface area contributed by atoms with Gasteiger partial charge in [-0.3, -0.25) is 0 Å². The first-order valence-electron chi connectivity index (χ1n) is 4.71. The Balaban J connectivity index is 0.00000112. The summed E-state index contributed by atoms with van der Waals surface area (Å²) in [5.41, 5.74) is 0. The first kappa shape index (κ1) is 14.4. The fourth-order valence-corrected chi connectivity index (χ4v) is 1.61. The van der Waals surface area contributed by atoms with Crippen molar-refractivity contribution in [3.63, 3.8) is 0 Å². The van der Waals surface area contributed by atoms with Crippen LogP contribution in [0.15, 0.2) is 37.6 Å². The third-order valence-corrected chi connectivity index (χ3v) is 2.35. The topological polar surface area (TPSA) is 13.0 Å². The van der Waals surface area contributed by atoms with E-state index < -0.39 is 0 Å². The van der Waals surface area contributed by atoms with Crippen LogP contribution in [0.4, 0.5) is 0 Å². The number of nitrogens with zero attached hydrogens (tertiary/aromatic N) is 4. The molecule has 0 aliphatic carbocycles. The van der Waals surface area contributed by atoms with E-state index in [1.165, 1.54) is 0 Å². The molecule has 0 radical (unpaired) electrons. The summed E-state index contributed by atoms with van der Waals surface area (Å²) >= 11 is 0. The van der Waals surface area contributed by atoms with E-state index in [2.05, 4.69) is 51.8 Å². The van der Waals surface area contributed by atoms with E-state index in [1.54, 1.807) is 0 Å². The summed E-state index contributed by atoms with van der Waals surface area (Å²) in [6.07, 6.45) is 10.2. The van der Waals surface area contributed by atoms with E-state index in [4.69, 9.17) is 0 Å². The van der Waals surface area contributed by atoms with Crippen LogP contribution < -0.4 is 0 Å². The van der Waals surface area contributed by atoms with Crippen molar-refractivity contribution in [3.05, 3.63) is 37.6 Å². The van der Waals surface area contributed by atoms with E-state index in [-0.39, 0.29) is 14.9 Å². The molecule has 0 atom stereocenters. The standard InChI is InChI=1S/C10H16N4.2CH4/c1-3-12-6-7-14(9-12)10-13-5-4-11(2)8-13;;/h3-7H,1,8-10H2,2H3;2*1H4. The second-order valence-corrected chi connectivity index (χ2v) is 3.65. The highest BCUT2D eigenvalue weighted by Gasteiger charge is 2.14. The highest BCUT2D eigenvalue weighted by Crippen LogP contribution is 2.10. The van der Waals surface area contributed by atoms with E-state index in [0.29, 0.717) is 0 Å². The van der Waals surface area contributed by atoms with Gasteiger partial charge in [-0.2, -0.15) is 0 Å². The van der Waals surface area contributed by atoms with Gasteiger partial charge in [0.2, 0.25) is 0 Å². The fourth-order valence-electron chi connectivity index (χ4n) is 1.61. The fraction of sp³-hybridized carbons (Fsp3) is 0.500. The smallest absolute Gasteiger partial charge is 0.0952 e. The Morgan fingerprint density at radius 3 is 2.19 bits per heavy atom. The molecule has 92 valence electrons. The van der Waals surface area contributed by atoms with Crippen LogP contribution >= 0.6 is 0 Å². The zero-order valence-corrected chi connectivity index (χ0v) is 8.50. The molecule has 0 aromatic carbocycles. The maximum Gasteiger partial charge on any atom is 0.0952 e. The van der Waals surface area contributed by atoms with Crippen molar-refractivity contribution < 1.29 is 0 Å². The summed E-state index contributed by atoms with van der Waals surface area (Å²) in [5.74, 6) is 0. The third-order valence-electron chi connectivity index (χ3n) is 2.35. The van der Waals surface area contributed by atoms with Crippen LogP contribution in [0.2, 0.25) is 0 Å². The maximum absolute atomic E-state index is 3.73. The van der Waals surface area contributed by atoms with Gasteiger partial charge in [-0.1, -0.05) is 21.4 Å². The molecule has 0 bridgehead atoms. The van der Waals surface area contributed by atoms with Gasteiger partial charge in [0.15, 0.2) is 0 Å². The average molecular weight is 224 g/mol. The first-order valence-corrected chi connectivity index (χ1v) is 4.71. The van der Waals surface area contributed by atoms with Crippen molar-refractivity contribution in [2.75, 3.05) is 27.1 Å². The summed E-state index contributed by atoms with van der Waals surface area (Å²) in [6, 6.07) is 0. The zero-order chi connectivity index (χ0) is 9.97. The minimum Gasteiger partial charge on any atom is -0.362 e. The monoisotopic (exact) mass is 224 g/mol. The molecule has 0 fully saturated rings. The summed E-state index contributed by atoms with van der Waals surface area (Å²) in [5, 5.41) is 0. The predicted molar refractivity (Wildman–Crippen MR) is 69.8 cm³/mol. The lowest BCUT2D eigenvalue weighted by atomic mass is 10.7. The van der Waals surface area contributed by atoms with E-state index in [1.807, 2.05) is 12.4 Å². The Labute approximate surface area is 99.7 Å². The minimum absolute atomic E-state index is 0. The lowest BCUT2D eigenvalue weighted by Gasteiger charge is -2.25. The molecule has 2 aliphatic rings. The number of rotatable bonds is 3. The third kappa shape index (κ3) is 3.22. The molecule has 0 spiro atoms. The lowest BCUT2D eigenvalue weighted by molar-refractivity contribution is 0.184. The van der Waals surface area contributed by atoms with Gasteiger partial charge >= 0.3 is 0 Å². The molecule has 4 heteroatoms. The van der Waals surface area contributed by atoms with Gasteiger partial charge in [-0.25, -0.2) is 0 Å². The minimum atomic E-state index is 0. The van der Waals surface area contributed by atoms with Crippen LogP contribution in [0.3, 0.4) is 0 Å². The largest absolute Gasteiger partial charge is 0.362 e. The van der Waals surface area contributed by atoms with Crippen LogP contribution in [0.1, 0.15) is 14.9 Å². The van der Waals surface area contributed by atoms with Gasteiger partial charge in [-0.15, -0.1) is 0 Å². The molecule has 4 nitrogen and oxygen atoms in total.